The van der Waals surface area contributed by atoms with Gasteiger partial charge in [-0.25, -0.2) is 0 Å². The van der Waals surface area contributed by atoms with E-state index in [2.05, 4.69) is 9.55 Å². The highest BCUT2D eigenvalue weighted by molar-refractivity contribution is 8.23. The van der Waals surface area contributed by atoms with Crippen molar-refractivity contribution in [2.45, 2.75) is 5.88 Å². The Morgan fingerprint density at radius 3 is 3.40 bits per heavy atom. The first-order valence-electron chi connectivity index (χ1n) is 2.88. The van der Waals surface area contributed by atoms with Crippen molar-refractivity contribution < 1.29 is 4.57 Å². The molecular formula is C6H5N2S2+. The first kappa shape index (κ1) is 6.24. The van der Waals surface area contributed by atoms with Crippen LogP contribution in [0.25, 0.3) is 0 Å². The molecule has 0 atom stereocenters. The van der Waals surface area contributed by atoms with Gasteiger partial charge >= 0.3 is 0 Å². The topological polar surface area (TPSA) is 16.8 Å². The molecule has 50 valence electrons. The summed E-state index contributed by atoms with van der Waals surface area (Å²) in [4.78, 5) is 3.99. The van der Waals surface area contributed by atoms with Gasteiger partial charge in [0.25, 0.3) is 0 Å². The van der Waals surface area contributed by atoms with E-state index in [-0.39, 0.29) is 0 Å². The fourth-order valence-corrected chi connectivity index (χ4v) is 2.00. The Bertz CT molecular complexity index is 285. The van der Waals surface area contributed by atoms with Gasteiger partial charge in [0.2, 0.25) is 11.6 Å². The monoisotopic (exact) mass is 169 g/mol. The van der Waals surface area contributed by atoms with Crippen LogP contribution in [0.4, 0.5) is 0 Å². The molecule has 0 N–H and O–H groups in total. The van der Waals surface area contributed by atoms with Gasteiger partial charge in [0.15, 0.2) is 6.20 Å². The van der Waals surface area contributed by atoms with Crippen molar-refractivity contribution in [1.29, 1.82) is 0 Å². The summed E-state index contributed by atoms with van der Waals surface area (Å²) in [7, 11) is 0. The average molecular weight is 169 g/mol. The molecular weight excluding hydrogens is 164 g/mol. The molecule has 1 aliphatic heterocycles. The summed E-state index contributed by atoms with van der Waals surface area (Å²) in [6.45, 7) is 0. The van der Waals surface area contributed by atoms with Crippen molar-refractivity contribution in [1.82, 2.24) is 4.98 Å². The number of hydrogen-bond acceptors (Lipinski definition) is 3. The standard InChI is InChI=1S/C6H5N2S2/c9-6-5-3-7-1-2-8(5)4-10-6/h1-3H,4H2/q+1. The first-order chi connectivity index (χ1) is 4.88. The van der Waals surface area contributed by atoms with Crippen molar-refractivity contribution >= 4 is 28.2 Å². The van der Waals surface area contributed by atoms with Crippen LogP contribution in [0.5, 0.6) is 0 Å². The van der Waals surface area contributed by atoms with Crippen molar-refractivity contribution in [3.63, 3.8) is 0 Å². The quantitative estimate of drug-likeness (QED) is 0.421. The van der Waals surface area contributed by atoms with E-state index in [0.717, 1.165) is 15.8 Å². The molecule has 0 amide bonds. The summed E-state index contributed by atoms with van der Waals surface area (Å²) in [5, 5.41) is 0. The van der Waals surface area contributed by atoms with Gasteiger partial charge in [0.1, 0.15) is 10.4 Å². The molecule has 0 radical (unpaired) electrons. The molecule has 4 heteroatoms. The van der Waals surface area contributed by atoms with E-state index >= 15 is 0 Å². The van der Waals surface area contributed by atoms with Gasteiger partial charge in [-0.15, -0.1) is 0 Å². The molecule has 0 bridgehead atoms. The van der Waals surface area contributed by atoms with Crippen LogP contribution >= 0.6 is 24.0 Å². The van der Waals surface area contributed by atoms with Crippen LogP contribution in [-0.4, -0.2) is 9.18 Å². The lowest BCUT2D eigenvalue weighted by Crippen LogP contribution is -2.32. The molecule has 1 aliphatic rings. The molecule has 0 spiro atoms. The minimum Gasteiger partial charge on any atom is -0.251 e. The summed E-state index contributed by atoms with van der Waals surface area (Å²) < 4.78 is 3.05. The number of fused-ring (bicyclic) bond motifs is 1. The zero-order chi connectivity index (χ0) is 6.97. The van der Waals surface area contributed by atoms with E-state index in [1.807, 2.05) is 12.4 Å². The number of aromatic nitrogens is 2. The van der Waals surface area contributed by atoms with E-state index in [9.17, 15) is 0 Å². The van der Waals surface area contributed by atoms with Crippen LogP contribution < -0.4 is 4.57 Å². The third-order valence-corrected chi connectivity index (χ3v) is 2.82. The fraction of sp³-hybridized carbons (Fsp3) is 0.167. The third-order valence-electron chi connectivity index (χ3n) is 1.38. The largest absolute Gasteiger partial charge is 0.251 e. The van der Waals surface area contributed by atoms with E-state index in [0.29, 0.717) is 0 Å². The molecule has 2 rings (SSSR count). The Labute approximate surface area is 68.3 Å². The SMILES string of the molecule is S=C1SC[n+]2ccncc21. The molecule has 0 saturated carbocycles. The first-order valence-corrected chi connectivity index (χ1v) is 4.28. The van der Waals surface area contributed by atoms with Crippen LogP contribution in [0, 0.1) is 0 Å². The summed E-state index contributed by atoms with van der Waals surface area (Å²) in [6.07, 6.45) is 5.53. The Morgan fingerprint density at radius 2 is 2.60 bits per heavy atom. The summed E-state index contributed by atoms with van der Waals surface area (Å²) in [6, 6.07) is 0. The lowest BCUT2D eigenvalue weighted by molar-refractivity contribution is -0.674. The third kappa shape index (κ3) is 0.839. The average Bonchev–Trinajstić information content (AvgIpc) is 2.34. The maximum atomic E-state index is 5.08. The van der Waals surface area contributed by atoms with Crippen LogP contribution in [-0.2, 0) is 5.88 Å². The second-order valence-corrected chi connectivity index (χ2v) is 3.61. The zero-order valence-electron chi connectivity index (χ0n) is 5.15. The molecule has 0 aromatic carbocycles. The molecule has 0 aliphatic carbocycles. The predicted molar refractivity (Wildman–Crippen MR) is 43.7 cm³/mol. The van der Waals surface area contributed by atoms with Gasteiger partial charge in [-0.05, 0) is 11.8 Å². The number of hydrogen-bond donors (Lipinski definition) is 0. The highest BCUT2D eigenvalue weighted by Gasteiger charge is 2.23. The fourth-order valence-electron chi connectivity index (χ4n) is 0.872. The Hall–Kier alpha value is -0.480. The Kier molecular flexibility index (Phi) is 1.43. The second kappa shape index (κ2) is 2.29. The highest BCUT2D eigenvalue weighted by Crippen LogP contribution is 2.16. The van der Waals surface area contributed by atoms with Gasteiger partial charge in [-0.1, -0.05) is 12.2 Å². The van der Waals surface area contributed by atoms with Crippen LogP contribution in [0.2, 0.25) is 0 Å². The van der Waals surface area contributed by atoms with Crippen LogP contribution in [0.15, 0.2) is 18.6 Å². The number of nitrogens with zero attached hydrogens (tertiary/aromatic N) is 2. The normalized spacial score (nSPS) is 15.4. The van der Waals surface area contributed by atoms with Crippen LogP contribution in [0.3, 0.4) is 0 Å². The Balaban J connectivity index is 2.61. The van der Waals surface area contributed by atoms with Crippen LogP contribution in [0.1, 0.15) is 5.69 Å². The number of thiocarbonyl (C=S) groups is 1. The molecule has 0 fully saturated rings. The van der Waals surface area contributed by atoms with Gasteiger partial charge in [-0.2, -0.15) is 4.57 Å². The minimum atomic E-state index is 0.941. The highest BCUT2D eigenvalue weighted by atomic mass is 32.2. The molecule has 10 heavy (non-hydrogen) atoms. The van der Waals surface area contributed by atoms with E-state index in [4.69, 9.17) is 12.2 Å². The smallest absolute Gasteiger partial charge is 0.249 e. The molecule has 2 nitrogen and oxygen atoms in total. The second-order valence-electron chi connectivity index (χ2n) is 1.99. The van der Waals surface area contributed by atoms with Crippen molar-refractivity contribution in [3.8, 4) is 0 Å². The van der Waals surface area contributed by atoms with E-state index in [1.54, 1.807) is 18.0 Å². The summed E-state index contributed by atoms with van der Waals surface area (Å²) >= 11 is 6.76. The van der Waals surface area contributed by atoms with Gasteiger partial charge in [0.05, 0.1) is 6.20 Å². The number of rotatable bonds is 0. The maximum absolute atomic E-state index is 5.08. The van der Waals surface area contributed by atoms with E-state index in [1.165, 1.54) is 0 Å². The van der Waals surface area contributed by atoms with Crippen molar-refractivity contribution in [2.24, 2.45) is 0 Å². The minimum absolute atomic E-state index is 0.941. The zero-order valence-corrected chi connectivity index (χ0v) is 6.78. The predicted octanol–water partition coefficient (Wildman–Crippen LogP) is 0.749. The number of thioether (sulfide) groups is 1. The van der Waals surface area contributed by atoms with Gasteiger partial charge in [-0.3, -0.25) is 4.98 Å². The lowest BCUT2D eigenvalue weighted by atomic mass is 10.5. The molecule has 2 heterocycles. The summed E-state index contributed by atoms with van der Waals surface area (Å²) in [5.74, 6) is 0.941. The summed E-state index contributed by atoms with van der Waals surface area (Å²) in [5.41, 5.74) is 1.07. The van der Waals surface area contributed by atoms with Gasteiger partial charge < -0.3 is 0 Å². The molecule has 0 unspecified atom stereocenters. The molecule has 1 aromatic rings. The van der Waals surface area contributed by atoms with E-state index < -0.39 is 0 Å². The lowest BCUT2D eigenvalue weighted by Gasteiger charge is -1.85. The van der Waals surface area contributed by atoms with Crippen molar-refractivity contribution in [2.75, 3.05) is 0 Å². The molecule has 0 saturated heterocycles. The maximum Gasteiger partial charge on any atom is 0.249 e. The van der Waals surface area contributed by atoms with Gasteiger partial charge in [0, 0.05) is 0 Å². The Morgan fingerprint density at radius 1 is 1.70 bits per heavy atom. The van der Waals surface area contributed by atoms with Crippen molar-refractivity contribution in [3.05, 3.63) is 24.3 Å². The molecule has 1 aromatic heterocycles.